The molecule has 0 saturated carbocycles. The van der Waals surface area contributed by atoms with E-state index in [-0.39, 0.29) is 11.6 Å². The number of halogens is 1. The minimum Gasteiger partial charge on any atom is -0.383 e. The Balaban J connectivity index is 2.35. The fraction of sp³-hybridized carbons (Fsp3) is 0.429. The Labute approximate surface area is 122 Å². The maximum Gasteiger partial charge on any atom is 0.258 e. The monoisotopic (exact) mass is 295 g/mol. The summed E-state index contributed by atoms with van der Waals surface area (Å²) < 4.78 is 5.01. The van der Waals surface area contributed by atoms with Gasteiger partial charge in [-0.05, 0) is 24.6 Å². The lowest BCUT2D eigenvalue weighted by molar-refractivity contribution is 0.195. The van der Waals surface area contributed by atoms with Gasteiger partial charge in [0, 0.05) is 18.7 Å². The van der Waals surface area contributed by atoms with Gasteiger partial charge in [-0.15, -0.1) is 0 Å². The predicted molar refractivity (Wildman–Crippen MR) is 80.3 cm³/mol. The Morgan fingerprint density at radius 1 is 1.50 bits per heavy atom. The highest BCUT2D eigenvalue weighted by atomic mass is 35.5. The van der Waals surface area contributed by atoms with Gasteiger partial charge in [-0.3, -0.25) is 4.79 Å². The number of rotatable bonds is 6. The molecule has 0 aliphatic rings. The van der Waals surface area contributed by atoms with Crippen molar-refractivity contribution in [2.24, 2.45) is 0 Å². The second-order valence-electron chi connectivity index (χ2n) is 4.52. The van der Waals surface area contributed by atoms with Gasteiger partial charge in [0.2, 0.25) is 0 Å². The first-order valence-corrected chi connectivity index (χ1v) is 6.95. The highest BCUT2D eigenvalue weighted by molar-refractivity contribution is 6.31. The zero-order valence-electron chi connectivity index (χ0n) is 11.6. The van der Waals surface area contributed by atoms with E-state index < -0.39 is 0 Å². The van der Waals surface area contributed by atoms with Crippen LogP contribution in [0.3, 0.4) is 0 Å². The molecule has 2 aromatic rings. The molecular weight excluding hydrogens is 278 g/mol. The van der Waals surface area contributed by atoms with Crippen molar-refractivity contribution in [3.05, 3.63) is 39.4 Å². The van der Waals surface area contributed by atoms with Crippen LogP contribution in [-0.2, 0) is 4.74 Å². The second kappa shape index (κ2) is 6.83. The molecule has 1 heterocycles. The molecular formula is C14H18ClN3O2. The first-order valence-electron chi connectivity index (χ1n) is 6.57. The molecule has 2 N–H and O–H groups in total. The predicted octanol–water partition coefficient (Wildman–Crippen LogP) is 2.26. The van der Waals surface area contributed by atoms with Crippen molar-refractivity contribution in [3.63, 3.8) is 0 Å². The van der Waals surface area contributed by atoms with E-state index in [1.165, 1.54) is 0 Å². The molecule has 108 valence electrons. The van der Waals surface area contributed by atoms with Crippen LogP contribution in [0.2, 0.25) is 5.02 Å². The lowest BCUT2D eigenvalue weighted by Crippen LogP contribution is -2.28. The molecule has 2 rings (SSSR count). The van der Waals surface area contributed by atoms with E-state index >= 15 is 0 Å². The summed E-state index contributed by atoms with van der Waals surface area (Å²) in [7, 11) is 1.65. The standard InChI is InChI=1S/C14H18ClN3O2/c1-3-11(16-6-7-20-2)13-17-12-8-9(15)4-5-10(12)14(19)18-13/h4-5,8,11,16H,3,6-7H2,1-2H3,(H,17,18,19). The zero-order valence-corrected chi connectivity index (χ0v) is 12.3. The van der Waals surface area contributed by atoms with E-state index in [4.69, 9.17) is 16.3 Å². The first kappa shape index (κ1) is 15.0. The van der Waals surface area contributed by atoms with Gasteiger partial charge in [0.05, 0.1) is 23.6 Å². The largest absolute Gasteiger partial charge is 0.383 e. The van der Waals surface area contributed by atoms with Crippen LogP contribution in [0.5, 0.6) is 0 Å². The highest BCUT2D eigenvalue weighted by Crippen LogP contribution is 2.17. The molecule has 0 aliphatic heterocycles. The quantitative estimate of drug-likeness (QED) is 0.802. The van der Waals surface area contributed by atoms with E-state index in [1.807, 2.05) is 6.92 Å². The molecule has 1 atom stereocenters. The lowest BCUT2D eigenvalue weighted by atomic mass is 10.2. The van der Waals surface area contributed by atoms with Crippen LogP contribution >= 0.6 is 11.6 Å². The highest BCUT2D eigenvalue weighted by Gasteiger charge is 2.13. The first-order chi connectivity index (χ1) is 9.65. The van der Waals surface area contributed by atoms with E-state index in [0.717, 1.165) is 6.42 Å². The van der Waals surface area contributed by atoms with Crippen LogP contribution in [0, 0.1) is 0 Å². The third-order valence-electron chi connectivity index (χ3n) is 3.12. The van der Waals surface area contributed by atoms with Crippen LogP contribution in [0.1, 0.15) is 25.2 Å². The summed E-state index contributed by atoms with van der Waals surface area (Å²) in [6.45, 7) is 3.35. The number of methoxy groups -OCH3 is 1. The summed E-state index contributed by atoms with van der Waals surface area (Å²) >= 11 is 5.95. The minimum absolute atomic E-state index is 0.0127. The summed E-state index contributed by atoms with van der Waals surface area (Å²) in [4.78, 5) is 19.4. The molecule has 0 radical (unpaired) electrons. The van der Waals surface area contributed by atoms with E-state index in [2.05, 4.69) is 15.3 Å². The van der Waals surface area contributed by atoms with Crippen LogP contribution in [-0.4, -0.2) is 30.2 Å². The van der Waals surface area contributed by atoms with Crippen molar-refractivity contribution in [1.82, 2.24) is 15.3 Å². The van der Waals surface area contributed by atoms with Crippen molar-refractivity contribution >= 4 is 22.5 Å². The van der Waals surface area contributed by atoms with Crippen LogP contribution < -0.4 is 10.9 Å². The van der Waals surface area contributed by atoms with Crippen molar-refractivity contribution < 1.29 is 4.74 Å². The van der Waals surface area contributed by atoms with Crippen molar-refractivity contribution in [2.75, 3.05) is 20.3 Å². The Kier molecular flexibility index (Phi) is 5.11. The minimum atomic E-state index is -0.145. The van der Waals surface area contributed by atoms with Crippen molar-refractivity contribution in [3.8, 4) is 0 Å². The van der Waals surface area contributed by atoms with E-state index in [9.17, 15) is 4.79 Å². The molecule has 1 aromatic heterocycles. The SMILES string of the molecule is CCC(NCCOC)c1nc2cc(Cl)ccc2c(=O)[nH]1. The van der Waals surface area contributed by atoms with Crippen LogP contribution in [0.15, 0.2) is 23.0 Å². The Hall–Kier alpha value is -1.43. The summed E-state index contributed by atoms with van der Waals surface area (Å²) in [6, 6.07) is 5.07. The third kappa shape index (κ3) is 3.36. The van der Waals surface area contributed by atoms with Gasteiger partial charge in [-0.2, -0.15) is 0 Å². The number of nitrogens with one attached hydrogen (secondary N) is 2. The zero-order chi connectivity index (χ0) is 14.5. The maximum atomic E-state index is 12.1. The van der Waals surface area contributed by atoms with Gasteiger partial charge in [-0.1, -0.05) is 18.5 Å². The fourth-order valence-electron chi connectivity index (χ4n) is 2.07. The number of hydrogen-bond donors (Lipinski definition) is 2. The second-order valence-corrected chi connectivity index (χ2v) is 4.96. The van der Waals surface area contributed by atoms with Crippen LogP contribution in [0.25, 0.3) is 10.9 Å². The molecule has 0 saturated heterocycles. The molecule has 5 nitrogen and oxygen atoms in total. The van der Waals surface area contributed by atoms with E-state index in [1.54, 1.807) is 25.3 Å². The summed E-state index contributed by atoms with van der Waals surface area (Å²) in [5.74, 6) is 0.628. The topological polar surface area (TPSA) is 67.0 Å². The van der Waals surface area contributed by atoms with Crippen molar-refractivity contribution in [1.29, 1.82) is 0 Å². The number of aromatic nitrogens is 2. The number of aromatic amines is 1. The molecule has 1 unspecified atom stereocenters. The number of fused-ring (bicyclic) bond motifs is 1. The molecule has 0 amide bonds. The normalized spacial score (nSPS) is 12.8. The lowest BCUT2D eigenvalue weighted by Gasteiger charge is -2.16. The Bertz CT molecular complexity index is 642. The fourth-order valence-corrected chi connectivity index (χ4v) is 2.23. The van der Waals surface area contributed by atoms with Gasteiger partial charge in [-0.25, -0.2) is 4.98 Å². The number of nitrogens with zero attached hydrogens (tertiary/aromatic N) is 1. The summed E-state index contributed by atoms with van der Waals surface area (Å²) in [6.07, 6.45) is 0.818. The van der Waals surface area contributed by atoms with Gasteiger partial charge >= 0.3 is 0 Å². The molecule has 0 aliphatic carbocycles. The summed E-state index contributed by atoms with van der Waals surface area (Å²) in [5, 5.41) is 4.42. The number of ether oxygens (including phenoxy) is 1. The van der Waals surface area contributed by atoms with Crippen LogP contribution in [0.4, 0.5) is 0 Å². The van der Waals surface area contributed by atoms with Crippen molar-refractivity contribution in [2.45, 2.75) is 19.4 Å². The number of hydrogen-bond acceptors (Lipinski definition) is 4. The Morgan fingerprint density at radius 2 is 2.30 bits per heavy atom. The molecule has 0 spiro atoms. The van der Waals surface area contributed by atoms with Gasteiger partial charge < -0.3 is 15.0 Å². The number of benzene rings is 1. The van der Waals surface area contributed by atoms with Gasteiger partial charge in [0.1, 0.15) is 5.82 Å². The average Bonchev–Trinajstić information content (AvgIpc) is 2.43. The molecule has 20 heavy (non-hydrogen) atoms. The number of H-pyrrole nitrogens is 1. The third-order valence-corrected chi connectivity index (χ3v) is 3.36. The Morgan fingerprint density at radius 3 is 3.00 bits per heavy atom. The maximum absolute atomic E-state index is 12.1. The molecule has 0 bridgehead atoms. The average molecular weight is 296 g/mol. The van der Waals surface area contributed by atoms with Gasteiger partial charge in [0.25, 0.3) is 5.56 Å². The molecule has 6 heteroatoms. The van der Waals surface area contributed by atoms with E-state index in [0.29, 0.717) is 34.9 Å². The molecule has 0 fully saturated rings. The molecule has 1 aromatic carbocycles. The smallest absolute Gasteiger partial charge is 0.258 e. The van der Waals surface area contributed by atoms with Gasteiger partial charge in [0.15, 0.2) is 0 Å². The summed E-state index contributed by atoms with van der Waals surface area (Å²) in [5.41, 5.74) is 0.469.